The molecule has 0 aliphatic carbocycles. The van der Waals surface area contributed by atoms with Crippen LogP contribution in [0.4, 0.5) is 5.69 Å². The van der Waals surface area contributed by atoms with E-state index >= 15 is 0 Å². The normalized spacial score (nSPS) is 21.8. The second-order valence-electron chi connectivity index (χ2n) is 8.57. The summed E-state index contributed by atoms with van der Waals surface area (Å²) in [5.41, 5.74) is 0.650. The fraction of sp³-hybridized carbons (Fsp3) is 0.565. The number of rotatable bonds is 6. The van der Waals surface area contributed by atoms with Crippen molar-refractivity contribution in [1.82, 2.24) is 9.80 Å². The second-order valence-corrected chi connectivity index (χ2v) is 8.57. The Morgan fingerprint density at radius 3 is 2.73 bits per heavy atom. The molecule has 0 bridgehead atoms. The van der Waals surface area contributed by atoms with Crippen LogP contribution in [-0.4, -0.2) is 80.1 Å². The van der Waals surface area contributed by atoms with Gasteiger partial charge in [-0.2, -0.15) is 0 Å². The minimum Gasteiger partial charge on any atom is -0.466 e. The van der Waals surface area contributed by atoms with Gasteiger partial charge in [0.1, 0.15) is 0 Å². The largest absolute Gasteiger partial charge is 0.466 e. The van der Waals surface area contributed by atoms with E-state index in [9.17, 15) is 19.2 Å². The second kappa shape index (κ2) is 9.68. The van der Waals surface area contributed by atoms with Gasteiger partial charge in [0.2, 0.25) is 24.5 Å². The van der Waals surface area contributed by atoms with Crippen LogP contribution >= 0.6 is 0 Å². The van der Waals surface area contributed by atoms with E-state index in [-0.39, 0.29) is 55.9 Å². The van der Waals surface area contributed by atoms with Crippen molar-refractivity contribution in [1.29, 1.82) is 0 Å². The van der Waals surface area contributed by atoms with E-state index in [1.807, 2.05) is 0 Å². The number of hydrogen-bond donors (Lipinski definition) is 0. The summed E-state index contributed by atoms with van der Waals surface area (Å²) in [6, 6.07) is 5.24. The Hall–Kier alpha value is -3.30. The van der Waals surface area contributed by atoms with Gasteiger partial charge in [0.05, 0.1) is 25.0 Å². The highest BCUT2D eigenvalue weighted by Crippen LogP contribution is 2.37. The van der Waals surface area contributed by atoms with Crippen LogP contribution in [0.3, 0.4) is 0 Å². The van der Waals surface area contributed by atoms with E-state index in [1.165, 1.54) is 4.90 Å². The Balaban J connectivity index is 1.33. The number of carbonyl (C=O) groups is 4. The first-order valence-corrected chi connectivity index (χ1v) is 11.3. The molecule has 4 rings (SSSR count). The fourth-order valence-corrected chi connectivity index (χ4v) is 4.52. The van der Waals surface area contributed by atoms with Crippen molar-refractivity contribution in [3.63, 3.8) is 0 Å². The number of anilines is 1. The lowest BCUT2D eigenvalue weighted by molar-refractivity contribution is -0.152. The Morgan fingerprint density at radius 2 is 1.94 bits per heavy atom. The van der Waals surface area contributed by atoms with Crippen molar-refractivity contribution >= 4 is 29.4 Å². The lowest BCUT2D eigenvalue weighted by Gasteiger charge is -2.33. The number of carbonyl (C=O) groups excluding carboxylic acids is 4. The number of amides is 3. The van der Waals surface area contributed by atoms with Crippen LogP contribution in [0.25, 0.3) is 0 Å². The highest BCUT2D eigenvalue weighted by Gasteiger charge is 2.38. The number of nitrogens with zero attached hydrogens (tertiary/aromatic N) is 3. The summed E-state index contributed by atoms with van der Waals surface area (Å²) in [6.45, 7) is 3.21. The smallest absolute Gasteiger partial charge is 0.310 e. The van der Waals surface area contributed by atoms with Crippen molar-refractivity contribution in [3.05, 3.63) is 18.2 Å². The number of hydrogen-bond acceptors (Lipinski definition) is 7. The van der Waals surface area contributed by atoms with Crippen molar-refractivity contribution < 1.29 is 33.4 Å². The lowest BCUT2D eigenvalue weighted by Crippen LogP contribution is -2.48. The van der Waals surface area contributed by atoms with E-state index < -0.39 is 5.92 Å². The van der Waals surface area contributed by atoms with Gasteiger partial charge in [0.25, 0.3) is 0 Å². The number of fused-ring (bicyclic) bond motifs is 1. The van der Waals surface area contributed by atoms with Crippen molar-refractivity contribution in [2.75, 3.05) is 51.5 Å². The number of benzene rings is 1. The molecule has 10 heteroatoms. The molecule has 3 heterocycles. The summed E-state index contributed by atoms with van der Waals surface area (Å²) in [5, 5.41) is 0. The predicted molar refractivity (Wildman–Crippen MR) is 117 cm³/mol. The monoisotopic (exact) mass is 459 g/mol. The molecule has 10 nitrogen and oxygen atoms in total. The zero-order valence-corrected chi connectivity index (χ0v) is 19.0. The molecule has 2 fully saturated rings. The molecule has 2 atom stereocenters. The number of ether oxygens (including phenoxy) is 3. The standard InChI is InChI=1S/C23H29N3O7/c1-3-31-23(30)15-5-4-8-25(11-15)21(28)13-24(2)22(29)16-9-20(27)26(12-16)17-6-7-18-19(10-17)33-14-32-18/h6-7,10,15-16H,3-5,8-9,11-14H2,1-2H3. The van der Waals surface area contributed by atoms with Gasteiger partial charge in [-0.25, -0.2) is 0 Å². The maximum atomic E-state index is 13.0. The third kappa shape index (κ3) is 4.89. The Labute approximate surface area is 192 Å². The third-order valence-corrected chi connectivity index (χ3v) is 6.28. The summed E-state index contributed by atoms with van der Waals surface area (Å²) in [7, 11) is 1.57. The van der Waals surface area contributed by atoms with Crippen LogP contribution in [0.5, 0.6) is 11.5 Å². The van der Waals surface area contributed by atoms with Gasteiger partial charge in [0.15, 0.2) is 11.5 Å². The van der Waals surface area contributed by atoms with Gasteiger partial charge in [-0.3, -0.25) is 19.2 Å². The van der Waals surface area contributed by atoms with Gasteiger partial charge >= 0.3 is 5.97 Å². The molecule has 178 valence electrons. The van der Waals surface area contributed by atoms with E-state index in [0.29, 0.717) is 49.7 Å². The van der Waals surface area contributed by atoms with Crippen molar-refractivity contribution in [2.24, 2.45) is 11.8 Å². The van der Waals surface area contributed by atoms with Gasteiger partial charge in [-0.05, 0) is 31.9 Å². The average molecular weight is 459 g/mol. The molecule has 3 aliphatic rings. The highest BCUT2D eigenvalue weighted by molar-refractivity contribution is 6.01. The van der Waals surface area contributed by atoms with Crippen LogP contribution < -0.4 is 14.4 Å². The number of esters is 1. The Bertz CT molecular complexity index is 950. The number of likely N-dealkylation sites (tertiary alicyclic amines) is 1. The van der Waals surface area contributed by atoms with Crippen LogP contribution in [0.1, 0.15) is 26.2 Å². The highest BCUT2D eigenvalue weighted by atomic mass is 16.7. The predicted octanol–water partition coefficient (Wildman–Crippen LogP) is 1.03. The summed E-state index contributed by atoms with van der Waals surface area (Å²) < 4.78 is 15.8. The molecule has 0 aromatic heterocycles. The maximum absolute atomic E-state index is 13.0. The molecule has 0 N–H and O–H groups in total. The van der Waals surface area contributed by atoms with Gasteiger partial charge in [-0.15, -0.1) is 0 Å². The van der Waals surface area contributed by atoms with Crippen LogP contribution in [0.2, 0.25) is 0 Å². The first kappa shape index (κ1) is 22.9. The third-order valence-electron chi connectivity index (χ3n) is 6.28. The van der Waals surface area contributed by atoms with Gasteiger partial charge < -0.3 is 28.9 Å². The summed E-state index contributed by atoms with van der Waals surface area (Å²) >= 11 is 0. The molecule has 3 aliphatic heterocycles. The quantitative estimate of drug-likeness (QED) is 0.585. The molecular formula is C23H29N3O7. The van der Waals surface area contributed by atoms with Crippen molar-refractivity contribution in [3.8, 4) is 11.5 Å². The first-order chi connectivity index (χ1) is 15.9. The van der Waals surface area contributed by atoms with Gasteiger partial charge in [0, 0.05) is 44.9 Å². The Morgan fingerprint density at radius 1 is 1.15 bits per heavy atom. The zero-order valence-electron chi connectivity index (χ0n) is 19.0. The minimum absolute atomic E-state index is 0.0838. The van der Waals surface area contributed by atoms with E-state index in [2.05, 4.69) is 0 Å². The maximum Gasteiger partial charge on any atom is 0.310 e. The van der Waals surface area contributed by atoms with Crippen LogP contribution in [-0.2, 0) is 23.9 Å². The molecule has 1 aromatic rings. The van der Waals surface area contributed by atoms with Crippen LogP contribution in [0.15, 0.2) is 18.2 Å². The summed E-state index contributed by atoms with van der Waals surface area (Å²) in [4.78, 5) is 55.0. The first-order valence-electron chi connectivity index (χ1n) is 11.3. The van der Waals surface area contributed by atoms with Crippen LogP contribution in [0, 0.1) is 11.8 Å². The molecule has 33 heavy (non-hydrogen) atoms. The van der Waals surface area contributed by atoms with Gasteiger partial charge in [-0.1, -0.05) is 0 Å². The molecule has 3 amide bonds. The average Bonchev–Trinajstić information content (AvgIpc) is 3.44. The fourth-order valence-electron chi connectivity index (χ4n) is 4.52. The Kier molecular flexibility index (Phi) is 6.71. The summed E-state index contributed by atoms with van der Waals surface area (Å²) in [6.07, 6.45) is 1.49. The van der Waals surface area contributed by atoms with Crippen molar-refractivity contribution in [2.45, 2.75) is 26.2 Å². The molecule has 1 aromatic carbocycles. The lowest BCUT2D eigenvalue weighted by atomic mass is 9.98. The molecular weight excluding hydrogens is 430 g/mol. The van der Waals surface area contributed by atoms with E-state index in [0.717, 1.165) is 0 Å². The van der Waals surface area contributed by atoms with E-state index in [1.54, 1.807) is 42.0 Å². The zero-order chi connectivity index (χ0) is 23.5. The summed E-state index contributed by atoms with van der Waals surface area (Å²) in [5.74, 6) is -0.566. The molecule has 0 saturated carbocycles. The minimum atomic E-state index is -0.533. The SMILES string of the molecule is CCOC(=O)C1CCCN(C(=O)CN(C)C(=O)C2CC(=O)N(c3ccc4c(c3)OCO4)C2)C1. The topological polar surface area (TPSA) is 106 Å². The number of likely N-dealkylation sites (N-methyl/N-ethyl adjacent to an activating group) is 1. The van der Waals surface area contributed by atoms with E-state index in [4.69, 9.17) is 14.2 Å². The molecule has 0 radical (unpaired) electrons. The number of piperidine rings is 1. The molecule has 0 spiro atoms. The molecule has 2 saturated heterocycles. The molecule has 2 unspecified atom stereocenters.